The molecule has 0 aliphatic heterocycles. The van der Waals surface area contributed by atoms with E-state index in [0.29, 0.717) is 0 Å². The van der Waals surface area contributed by atoms with Gasteiger partial charge in [-0.05, 0) is 19.8 Å². The number of hydrogen-bond acceptors (Lipinski definition) is 2. The molecule has 3 heteroatoms. The van der Waals surface area contributed by atoms with Crippen LogP contribution in [-0.4, -0.2) is 9.78 Å². The van der Waals surface area contributed by atoms with Gasteiger partial charge in [-0.2, -0.15) is 5.10 Å². The first-order valence-electron chi connectivity index (χ1n) is 5.41. The maximum atomic E-state index is 6.44. The van der Waals surface area contributed by atoms with Gasteiger partial charge in [-0.25, -0.2) is 0 Å². The smallest absolute Gasteiger partial charge is 0.0543 e. The SMILES string of the molecule is Cc1c(C2(N)CCCCC2)cnn1C. The molecule has 0 atom stereocenters. The summed E-state index contributed by atoms with van der Waals surface area (Å²) in [6.45, 7) is 2.10. The van der Waals surface area contributed by atoms with Crippen molar-refractivity contribution in [1.29, 1.82) is 0 Å². The van der Waals surface area contributed by atoms with E-state index in [9.17, 15) is 0 Å². The van der Waals surface area contributed by atoms with Crippen LogP contribution >= 0.6 is 0 Å². The molecular formula is C11H19N3. The van der Waals surface area contributed by atoms with Crippen LogP contribution in [0.15, 0.2) is 6.20 Å². The van der Waals surface area contributed by atoms with Crippen molar-refractivity contribution in [3.63, 3.8) is 0 Å². The molecule has 0 bridgehead atoms. The minimum atomic E-state index is -0.101. The van der Waals surface area contributed by atoms with Gasteiger partial charge >= 0.3 is 0 Å². The number of aryl methyl sites for hydroxylation is 1. The minimum Gasteiger partial charge on any atom is -0.321 e. The predicted octanol–water partition coefficient (Wildman–Crippen LogP) is 1.85. The molecule has 1 aliphatic rings. The second kappa shape index (κ2) is 3.39. The van der Waals surface area contributed by atoms with Gasteiger partial charge in [-0.15, -0.1) is 0 Å². The summed E-state index contributed by atoms with van der Waals surface area (Å²) in [5, 5.41) is 4.27. The van der Waals surface area contributed by atoms with Crippen molar-refractivity contribution in [2.45, 2.75) is 44.6 Å². The van der Waals surface area contributed by atoms with Gasteiger partial charge in [0.15, 0.2) is 0 Å². The highest BCUT2D eigenvalue weighted by atomic mass is 15.3. The monoisotopic (exact) mass is 193 g/mol. The molecule has 1 aromatic rings. The topological polar surface area (TPSA) is 43.8 Å². The van der Waals surface area contributed by atoms with Gasteiger partial charge in [0.1, 0.15) is 0 Å². The van der Waals surface area contributed by atoms with Crippen LogP contribution in [-0.2, 0) is 12.6 Å². The molecule has 0 spiro atoms. The minimum absolute atomic E-state index is 0.101. The van der Waals surface area contributed by atoms with Crippen LogP contribution in [0.5, 0.6) is 0 Å². The fourth-order valence-corrected chi connectivity index (χ4v) is 2.44. The summed E-state index contributed by atoms with van der Waals surface area (Å²) in [5.74, 6) is 0. The Kier molecular flexibility index (Phi) is 2.35. The van der Waals surface area contributed by atoms with Gasteiger partial charge in [0.05, 0.1) is 6.20 Å². The van der Waals surface area contributed by atoms with Crippen LogP contribution in [0.1, 0.15) is 43.4 Å². The van der Waals surface area contributed by atoms with E-state index in [1.54, 1.807) is 0 Å². The average molecular weight is 193 g/mol. The van der Waals surface area contributed by atoms with Crippen molar-refractivity contribution in [2.24, 2.45) is 12.8 Å². The third kappa shape index (κ3) is 1.46. The summed E-state index contributed by atoms with van der Waals surface area (Å²) in [4.78, 5) is 0. The van der Waals surface area contributed by atoms with Gasteiger partial charge in [0.25, 0.3) is 0 Å². The first kappa shape index (κ1) is 9.71. The number of aromatic nitrogens is 2. The second-order valence-corrected chi connectivity index (χ2v) is 4.48. The standard InChI is InChI=1S/C11H19N3/c1-9-10(8-13-14(9)2)11(12)6-4-3-5-7-11/h8H,3-7,12H2,1-2H3. The van der Waals surface area contributed by atoms with Crippen molar-refractivity contribution < 1.29 is 0 Å². The van der Waals surface area contributed by atoms with Crippen molar-refractivity contribution in [3.8, 4) is 0 Å². The van der Waals surface area contributed by atoms with Crippen molar-refractivity contribution in [2.75, 3.05) is 0 Å². The van der Waals surface area contributed by atoms with Crippen LogP contribution in [0.3, 0.4) is 0 Å². The van der Waals surface area contributed by atoms with Crippen molar-refractivity contribution in [3.05, 3.63) is 17.5 Å². The molecule has 0 saturated heterocycles. The van der Waals surface area contributed by atoms with E-state index in [-0.39, 0.29) is 5.54 Å². The van der Waals surface area contributed by atoms with E-state index in [0.717, 1.165) is 12.8 Å². The van der Waals surface area contributed by atoms with Gasteiger partial charge in [-0.1, -0.05) is 19.3 Å². The number of nitrogens with two attached hydrogens (primary N) is 1. The number of nitrogens with zero attached hydrogens (tertiary/aromatic N) is 2. The summed E-state index contributed by atoms with van der Waals surface area (Å²) in [7, 11) is 1.98. The van der Waals surface area contributed by atoms with Crippen molar-refractivity contribution >= 4 is 0 Å². The number of rotatable bonds is 1. The summed E-state index contributed by atoms with van der Waals surface area (Å²) in [6.07, 6.45) is 8.01. The first-order chi connectivity index (χ1) is 6.63. The third-order valence-corrected chi connectivity index (χ3v) is 3.52. The van der Waals surface area contributed by atoms with Gasteiger partial charge in [0, 0.05) is 23.8 Å². The van der Waals surface area contributed by atoms with E-state index < -0.39 is 0 Å². The van der Waals surface area contributed by atoms with Gasteiger partial charge in [0.2, 0.25) is 0 Å². The Bertz CT molecular complexity index is 321. The number of hydrogen-bond donors (Lipinski definition) is 1. The predicted molar refractivity (Wildman–Crippen MR) is 56.9 cm³/mol. The third-order valence-electron chi connectivity index (χ3n) is 3.52. The van der Waals surface area contributed by atoms with Crippen LogP contribution < -0.4 is 5.73 Å². The Hall–Kier alpha value is -0.830. The molecule has 2 N–H and O–H groups in total. The molecule has 0 aromatic carbocycles. The molecule has 78 valence electrons. The van der Waals surface area contributed by atoms with E-state index in [1.165, 1.54) is 30.5 Å². The highest BCUT2D eigenvalue weighted by Crippen LogP contribution is 2.35. The normalized spacial score (nSPS) is 21.1. The Balaban J connectivity index is 2.32. The summed E-state index contributed by atoms with van der Waals surface area (Å²) >= 11 is 0. The summed E-state index contributed by atoms with van der Waals surface area (Å²) in [6, 6.07) is 0. The highest BCUT2D eigenvalue weighted by Gasteiger charge is 2.32. The average Bonchev–Trinajstić information content (AvgIpc) is 2.49. The molecule has 0 unspecified atom stereocenters. The zero-order chi connectivity index (χ0) is 10.2. The van der Waals surface area contributed by atoms with Crippen LogP contribution in [0.4, 0.5) is 0 Å². The van der Waals surface area contributed by atoms with Gasteiger partial charge in [-0.3, -0.25) is 4.68 Å². The van der Waals surface area contributed by atoms with E-state index >= 15 is 0 Å². The maximum absolute atomic E-state index is 6.44. The van der Waals surface area contributed by atoms with Crippen LogP contribution in [0, 0.1) is 6.92 Å². The molecule has 1 aliphatic carbocycles. The van der Waals surface area contributed by atoms with Crippen LogP contribution in [0.2, 0.25) is 0 Å². The van der Waals surface area contributed by atoms with Crippen LogP contribution in [0.25, 0.3) is 0 Å². The fraction of sp³-hybridized carbons (Fsp3) is 0.727. The summed E-state index contributed by atoms with van der Waals surface area (Å²) in [5.41, 5.74) is 8.81. The lowest BCUT2D eigenvalue weighted by atomic mass is 9.78. The van der Waals surface area contributed by atoms with E-state index in [1.807, 2.05) is 17.9 Å². The molecular weight excluding hydrogens is 174 g/mol. The fourth-order valence-electron chi connectivity index (χ4n) is 2.44. The lowest BCUT2D eigenvalue weighted by molar-refractivity contribution is 0.301. The Morgan fingerprint density at radius 3 is 2.50 bits per heavy atom. The first-order valence-corrected chi connectivity index (χ1v) is 5.41. The van der Waals surface area contributed by atoms with E-state index in [4.69, 9.17) is 5.73 Å². The highest BCUT2D eigenvalue weighted by molar-refractivity contribution is 5.26. The second-order valence-electron chi connectivity index (χ2n) is 4.48. The molecule has 1 fully saturated rings. The molecule has 1 saturated carbocycles. The zero-order valence-electron chi connectivity index (χ0n) is 9.08. The quantitative estimate of drug-likeness (QED) is 0.739. The van der Waals surface area contributed by atoms with Crippen molar-refractivity contribution in [1.82, 2.24) is 9.78 Å². The maximum Gasteiger partial charge on any atom is 0.0543 e. The summed E-state index contributed by atoms with van der Waals surface area (Å²) < 4.78 is 1.92. The lowest BCUT2D eigenvalue weighted by Crippen LogP contribution is -2.38. The molecule has 2 rings (SSSR count). The Labute approximate surface area is 85.3 Å². The molecule has 1 aromatic heterocycles. The Morgan fingerprint density at radius 1 is 1.36 bits per heavy atom. The van der Waals surface area contributed by atoms with Gasteiger partial charge < -0.3 is 5.73 Å². The van der Waals surface area contributed by atoms with E-state index in [2.05, 4.69) is 12.0 Å². The Morgan fingerprint density at radius 2 is 2.00 bits per heavy atom. The zero-order valence-corrected chi connectivity index (χ0v) is 9.08. The molecule has 3 nitrogen and oxygen atoms in total. The molecule has 1 heterocycles. The molecule has 0 amide bonds. The molecule has 14 heavy (non-hydrogen) atoms. The largest absolute Gasteiger partial charge is 0.321 e. The molecule has 0 radical (unpaired) electrons. The lowest BCUT2D eigenvalue weighted by Gasteiger charge is -2.33.